The van der Waals surface area contributed by atoms with Crippen LogP contribution in [0.3, 0.4) is 0 Å². The summed E-state index contributed by atoms with van der Waals surface area (Å²) in [5.41, 5.74) is 8.27. The maximum atomic E-state index is 12.1. The molecule has 0 aromatic heterocycles. The third-order valence-corrected chi connectivity index (χ3v) is 3.75. The lowest BCUT2D eigenvalue weighted by atomic mass is 10.1. The van der Waals surface area contributed by atoms with Gasteiger partial charge in [0.1, 0.15) is 6.04 Å². The highest BCUT2D eigenvalue weighted by Gasteiger charge is 2.28. The van der Waals surface area contributed by atoms with Gasteiger partial charge in [-0.05, 0) is 25.3 Å². The van der Waals surface area contributed by atoms with E-state index in [0.717, 1.165) is 18.4 Å². The smallest absolute Gasteiger partial charge is 0.225 e. The lowest BCUT2D eigenvalue weighted by molar-refractivity contribution is -0.131. The van der Waals surface area contributed by atoms with Crippen molar-refractivity contribution in [2.24, 2.45) is 5.73 Å². The predicted octanol–water partition coefficient (Wildman–Crippen LogP) is 2.24. The first-order valence-electron chi connectivity index (χ1n) is 7.29. The molecule has 0 aliphatic carbocycles. The molecule has 2 rings (SSSR count). The average Bonchev–Trinajstić information content (AvgIpc) is 2.95. The Kier molecular flexibility index (Phi) is 5.13. The normalized spacial score (nSPS) is 19.7. The molecule has 1 fully saturated rings. The number of amides is 1. The minimum absolute atomic E-state index is 0.0277. The molecule has 2 atom stereocenters. The van der Waals surface area contributed by atoms with Gasteiger partial charge in [-0.25, -0.2) is 0 Å². The van der Waals surface area contributed by atoms with Crippen molar-refractivity contribution in [1.29, 1.82) is 5.26 Å². The average molecular weight is 283 g/mol. The first kappa shape index (κ1) is 15.3. The molecular weight excluding hydrogens is 262 g/mol. The first-order valence-corrected chi connectivity index (χ1v) is 7.29. The van der Waals surface area contributed by atoms with Crippen LogP contribution in [0, 0.1) is 18.3 Å². The van der Waals surface area contributed by atoms with E-state index in [-0.39, 0.29) is 24.4 Å². The number of benzene rings is 1. The molecule has 0 saturated carbocycles. The fourth-order valence-corrected chi connectivity index (χ4v) is 2.50. The topological polar surface area (TPSA) is 70.1 Å². The second-order valence-electron chi connectivity index (χ2n) is 5.51. The minimum atomic E-state index is -0.321. The van der Waals surface area contributed by atoms with E-state index in [2.05, 4.69) is 6.07 Å². The number of carbonyl (C=O) groups is 1. The maximum Gasteiger partial charge on any atom is 0.225 e. The van der Waals surface area contributed by atoms with Crippen LogP contribution in [0.5, 0.6) is 0 Å². The van der Waals surface area contributed by atoms with E-state index in [4.69, 9.17) is 11.0 Å². The second kappa shape index (κ2) is 7.05. The number of nitriles is 1. The van der Waals surface area contributed by atoms with Crippen LogP contribution in [0.2, 0.25) is 0 Å². The molecule has 1 aromatic carbocycles. The van der Waals surface area contributed by atoms with E-state index in [9.17, 15) is 4.79 Å². The number of likely N-dealkylation sites (tertiary alicyclic amines) is 1. The highest BCUT2D eigenvalue weighted by molar-refractivity contribution is 5.78. The van der Waals surface area contributed by atoms with Gasteiger partial charge in [0, 0.05) is 19.0 Å². The van der Waals surface area contributed by atoms with Crippen LogP contribution in [0.15, 0.2) is 30.3 Å². The van der Waals surface area contributed by atoms with E-state index in [0.29, 0.717) is 6.54 Å². The Morgan fingerprint density at radius 2 is 2.24 bits per heavy atom. The van der Waals surface area contributed by atoms with Gasteiger partial charge in [-0.3, -0.25) is 4.79 Å². The zero-order valence-electron chi connectivity index (χ0n) is 12.3. The van der Waals surface area contributed by atoms with E-state index < -0.39 is 0 Å². The maximum absolute atomic E-state index is 12.1. The lowest BCUT2D eigenvalue weighted by Gasteiger charge is -2.20. The highest BCUT2D eigenvalue weighted by Crippen LogP contribution is 2.18. The van der Waals surface area contributed by atoms with Gasteiger partial charge < -0.3 is 10.6 Å². The third-order valence-electron chi connectivity index (χ3n) is 3.75. The Hall–Kier alpha value is -2.12. The van der Waals surface area contributed by atoms with Crippen molar-refractivity contribution < 1.29 is 4.79 Å². The zero-order valence-corrected chi connectivity index (χ0v) is 12.3. The number of nitrogens with two attached hydrogens (primary N) is 1. The Morgan fingerprint density at radius 1 is 1.52 bits per heavy atom. The quantitative estimate of drug-likeness (QED) is 0.921. The summed E-state index contributed by atoms with van der Waals surface area (Å²) < 4.78 is 0. The van der Waals surface area contributed by atoms with Crippen molar-refractivity contribution in [2.75, 3.05) is 6.54 Å². The number of aryl methyl sites for hydroxylation is 1. The summed E-state index contributed by atoms with van der Waals surface area (Å²) in [5.74, 6) is -0.0277. The molecule has 0 spiro atoms. The summed E-state index contributed by atoms with van der Waals surface area (Å²) in [7, 11) is 0. The van der Waals surface area contributed by atoms with Crippen molar-refractivity contribution in [3.8, 4) is 6.07 Å². The van der Waals surface area contributed by atoms with Crippen LogP contribution < -0.4 is 5.73 Å². The van der Waals surface area contributed by atoms with Crippen molar-refractivity contribution >= 4 is 12.0 Å². The van der Waals surface area contributed by atoms with Crippen LogP contribution in [0.4, 0.5) is 0 Å². The van der Waals surface area contributed by atoms with Gasteiger partial charge in [-0.2, -0.15) is 5.26 Å². The summed E-state index contributed by atoms with van der Waals surface area (Å²) in [6.45, 7) is 2.71. The van der Waals surface area contributed by atoms with Crippen LogP contribution in [0.1, 0.15) is 30.4 Å². The van der Waals surface area contributed by atoms with E-state index in [1.807, 2.05) is 43.3 Å². The van der Waals surface area contributed by atoms with Crippen LogP contribution in [-0.4, -0.2) is 29.4 Å². The molecule has 0 bridgehead atoms. The molecule has 21 heavy (non-hydrogen) atoms. The molecule has 1 aliphatic rings. The van der Waals surface area contributed by atoms with Gasteiger partial charge in [0.25, 0.3) is 0 Å². The number of carbonyl (C=O) groups excluding carboxylic acids is 1. The first-order chi connectivity index (χ1) is 10.1. The third kappa shape index (κ3) is 4.17. The highest BCUT2D eigenvalue weighted by atomic mass is 16.2. The van der Waals surface area contributed by atoms with Gasteiger partial charge in [-0.15, -0.1) is 0 Å². The Balaban J connectivity index is 1.89. The van der Waals surface area contributed by atoms with Crippen LogP contribution >= 0.6 is 0 Å². The van der Waals surface area contributed by atoms with Crippen molar-refractivity contribution in [3.63, 3.8) is 0 Å². The van der Waals surface area contributed by atoms with Gasteiger partial charge in [-0.1, -0.05) is 42.0 Å². The summed E-state index contributed by atoms with van der Waals surface area (Å²) in [4.78, 5) is 13.8. The van der Waals surface area contributed by atoms with Gasteiger partial charge in [0.2, 0.25) is 5.91 Å². The molecule has 2 N–H and O–H groups in total. The zero-order chi connectivity index (χ0) is 15.2. The molecule has 1 amide bonds. The molecule has 4 nitrogen and oxygen atoms in total. The van der Waals surface area contributed by atoms with E-state index in [1.54, 1.807) is 4.90 Å². The summed E-state index contributed by atoms with van der Waals surface area (Å²) in [6.07, 6.45) is 5.71. The molecule has 1 saturated heterocycles. The Bertz CT molecular complexity index is 556. The summed E-state index contributed by atoms with van der Waals surface area (Å²) >= 11 is 0. The second-order valence-corrected chi connectivity index (χ2v) is 5.51. The van der Waals surface area contributed by atoms with Crippen LogP contribution in [-0.2, 0) is 4.79 Å². The molecule has 1 aliphatic heterocycles. The summed E-state index contributed by atoms with van der Waals surface area (Å²) in [5, 5.41) is 9.00. The van der Waals surface area contributed by atoms with E-state index >= 15 is 0 Å². The molecule has 4 heteroatoms. The lowest BCUT2D eigenvalue weighted by Crippen LogP contribution is -2.37. The minimum Gasteiger partial charge on any atom is -0.327 e. The molecule has 1 heterocycles. The molecule has 0 radical (unpaired) electrons. The molecule has 110 valence electrons. The van der Waals surface area contributed by atoms with Gasteiger partial charge in [0.15, 0.2) is 0 Å². The largest absolute Gasteiger partial charge is 0.327 e. The fourth-order valence-electron chi connectivity index (χ4n) is 2.50. The van der Waals surface area contributed by atoms with Crippen LogP contribution in [0.25, 0.3) is 6.08 Å². The summed E-state index contributed by atoms with van der Waals surface area (Å²) in [6, 6.07) is 9.70. The van der Waals surface area contributed by atoms with Gasteiger partial charge in [0.05, 0.1) is 6.07 Å². The molecule has 1 unspecified atom stereocenters. The number of hydrogen-bond acceptors (Lipinski definition) is 3. The van der Waals surface area contributed by atoms with Gasteiger partial charge >= 0.3 is 0 Å². The SMILES string of the molecule is Cc1ccc(C=CC(N)CC(=O)N2CCC[C@H]2C#N)cc1. The standard InChI is InChI=1S/C17H21N3O/c1-13-4-6-14(7-5-13)8-9-15(19)11-17(21)20-10-2-3-16(20)12-18/h4-9,15-16H,2-3,10-11,19H2,1H3/t15?,16-/m0/s1. The molecular formula is C17H21N3O. The number of hydrogen-bond donors (Lipinski definition) is 1. The monoisotopic (exact) mass is 283 g/mol. The predicted molar refractivity (Wildman–Crippen MR) is 83.2 cm³/mol. The number of nitrogens with zero attached hydrogens (tertiary/aromatic N) is 2. The Labute approximate surface area is 125 Å². The number of rotatable bonds is 4. The Morgan fingerprint density at radius 3 is 2.90 bits per heavy atom. The van der Waals surface area contributed by atoms with Crippen molar-refractivity contribution in [2.45, 2.75) is 38.3 Å². The van der Waals surface area contributed by atoms with E-state index in [1.165, 1.54) is 5.56 Å². The fraction of sp³-hybridized carbons (Fsp3) is 0.412. The van der Waals surface area contributed by atoms with Crippen molar-refractivity contribution in [3.05, 3.63) is 41.5 Å². The molecule has 1 aromatic rings. The van der Waals surface area contributed by atoms with Crippen molar-refractivity contribution in [1.82, 2.24) is 4.90 Å².